The Morgan fingerprint density at radius 1 is 1.40 bits per heavy atom. The topological polar surface area (TPSA) is 56.0 Å². The first-order chi connectivity index (χ1) is 12.0. The third kappa shape index (κ3) is 3.94. The van der Waals surface area contributed by atoms with Crippen molar-refractivity contribution in [2.24, 2.45) is 7.05 Å². The van der Waals surface area contributed by atoms with Gasteiger partial charge in [0.05, 0.1) is 5.69 Å². The second-order valence-corrected chi connectivity index (χ2v) is 7.41. The number of carbonyl (C=O) groups is 1. The Kier molecular flexibility index (Phi) is 5.25. The van der Waals surface area contributed by atoms with Crippen molar-refractivity contribution in [2.45, 2.75) is 58.4 Å². The molecule has 1 aliphatic rings. The largest absolute Gasteiger partial charge is 0.342 e. The fourth-order valence-electron chi connectivity index (χ4n) is 3.81. The maximum atomic E-state index is 12.7. The van der Waals surface area contributed by atoms with Gasteiger partial charge in [-0.15, -0.1) is 0 Å². The van der Waals surface area contributed by atoms with Crippen molar-refractivity contribution in [3.63, 3.8) is 0 Å². The van der Waals surface area contributed by atoms with E-state index in [1.165, 1.54) is 0 Å². The van der Waals surface area contributed by atoms with Gasteiger partial charge in [0.25, 0.3) is 0 Å². The van der Waals surface area contributed by atoms with E-state index in [2.05, 4.69) is 39.1 Å². The number of hydrogen-bond acceptors (Lipinski definition) is 3. The van der Waals surface area contributed by atoms with E-state index >= 15 is 0 Å². The number of aryl methyl sites for hydroxylation is 3. The number of imidazole rings is 2. The molecule has 1 atom stereocenters. The summed E-state index contributed by atoms with van der Waals surface area (Å²) in [5.74, 6) is 3.10. The number of likely N-dealkylation sites (tertiary alicyclic amines) is 1. The van der Waals surface area contributed by atoms with Gasteiger partial charge in [0.2, 0.25) is 5.91 Å². The maximum absolute atomic E-state index is 12.7. The van der Waals surface area contributed by atoms with E-state index < -0.39 is 0 Å². The van der Waals surface area contributed by atoms with Gasteiger partial charge in [-0.3, -0.25) is 4.79 Å². The Balaban J connectivity index is 1.60. The lowest BCUT2D eigenvalue weighted by molar-refractivity contribution is -0.132. The average molecular weight is 343 g/mol. The first-order valence-electron chi connectivity index (χ1n) is 9.24. The predicted molar refractivity (Wildman–Crippen MR) is 97.4 cm³/mol. The molecule has 0 bridgehead atoms. The summed E-state index contributed by atoms with van der Waals surface area (Å²) in [5, 5.41) is 0. The summed E-state index contributed by atoms with van der Waals surface area (Å²) in [7, 11) is 2.04. The Morgan fingerprint density at radius 3 is 2.88 bits per heavy atom. The molecule has 0 spiro atoms. The van der Waals surface area contributed by atoms with E-state index in [-0.39, 0.29) is 5.91 Å². The lowest BCUT2D eigenvalue weighted by Crippen LogP contribution is -2.40. The molecule has 25 heavy (non-hydrogen) atoms. The Morgan fingerprint density at radius 2 is 2.20 bits per heavy atom. The van der Waals surface area contributed by atoms with Crippen molar-refractivity contribution >= 4 is 5.91 Å². The number of rotatable bonds is 5. The molecule has 6 heteroatoms. The highest BCUT2D eigenvalue weighted by Crippen LogP contribution is 2.26. The Hall–Kier alpha value is -2.11. The van der Waals surface area contributed by atoms with Crippen LogP contribution in [0.2, 0.25) is 0 Å². The van der Waals surface area contributed by atoms with Crippen LogP contribution in [0, 0.1) is 6.92 Å². The smallest absolute Gasteiger partial charge is 0.224 e. The quantitative estimate of drug-likeness (QED) is 0.839. The molecule has 2 aromatic heterocycles. The minimum absolute atomic E-state index is 0.235. The SMILES string of the molecule is Cc1cn(C)c([C@@H]2CCCN(C(=O)CCn3ccnc3C(C)C)C2)n1. The summed E-state index contributed by atoms with van der Waals surface area (Å²) >= 11 is 0. The number of amides is 1. The zero-order valence-electron chi connectivity index (χ0n) is 15.8. The molecule has 1 aliphatic heterocycles. The molecule has 2 aromatic rings. The van der Waals surface area contributed by atoms with Crippen molar-refractivity contribution in [3.8, 4) is 0 Å². The van der Waals surface area contributed by atoms with E-state index in [0.29, 0.717) is 24.8 Å². The van der Waals surface area contributed by atoms with Crippen molar-refractivity contribution in [1.82, 2.24) is 24.0 Å². The van der Waals surface area contributed by atoms with Crippen LogP contribution in [0.3, 0.4) is 0 Å². The summed E-state index contributed by atoms with van der Waals surface area (Å²) in [6.07, 6.45) is 8.53. The van der Waals surface area contributed by atoms with Gasteiger partial charge in [0, 0.05) is 63.5 Å². The normalized spacial score (nSPS) is 18.1. The highest BCUT2D eigenvalue weighted by atomic mass is 16.2. The third-order valence-electron chi connectivity index (χ3n) is 5.00. The molecule has 0 unspecified atom stereocenters. The van der Waals surface area contributed by atoms with Gasteiger partial charge in [0.1, 0.15) is 11.6 Å². The number of nitrogens with zero attached hydrogens (tertiary/aromatic N) is 5. The lowest BCUT2D eigenvalue weighted by atomic mass is 9.97. The summed E-state index contributed by atoms with van der Waals surface area (Å²) in [4.78, 5) is 23.8. The van der Waals surface area contributed by atoms with E-state index in [1.807, 2.05) is 31.3 Å². The van der Waals surface area contributed by atoms with Crippen LogP contribution >= 0.6 is 0 Å². The van der Waals surface area contributed by atoms with Crippen LogP contribution in [0.25, 0.3) is 0 Å². The molecular weight excluding hydrogens is 314 g/mol. The van der Waals surface area contributed by atoms with Gasteiger partial charge in [-0.25, -0.2) is 9.97 Å². The van der Waals surface area contributed by atoms with Gasteiger partial charge in [-0.05, 0) is 19.8 Å². The second kappa shape index (κ2) is 7.42. The fraction of sp³-hybridized carbons (Fsp3) is 0.632. The minimum atomic E-state index is 0.235. The fourth-order valence-corrected chi connectivity index (χ4v) is 3.81. The summed E-state index contributed by atoms with van der Waals surface area (Å²) in [6.45, 7) is 8.63. The van der Waals surface area contributed by atoms with E-state index in [1.54, 1.807) is 0 Å². The van der Waals surface area contributed by atoms with Gasteiger partial charge in [-0.2, -0.15) is 0 Å². The minimum Gasteiger partial charge on any atom is -0.342 e. The van der Waals surface area contributed by atoms with E-state index in [4.69, 9.17) is 0 Å². The van der Waals surface area contributed by atoms with Crippen molar-refractivity contribution in [3.05, 3.63) is 35.9 Å². The lowest BCUT2D eigenvalue weighted by Gasteiger charge is -2.32. The Labute approximate surface area is 149 Å². The highest BCUT2D eigenvalue weighted by Gasteiger charge is 2.27. The molecule has 3 heterocycles. The molecule has 0 aromatic carbocycles. The van der Waals surface area contributed by atoms with Crippen LogP contribution in [-0.4, -0.2) is 43.0 Å². The highest BCUT2D eigenvalue weighted by molar-refractivity contribution is 5.76. The van der Waals surface area contributed by atoms with Crippen LogP contribution < -0.4 is 0 Å². The van der Waals surface area contributed by atoms with Crippen LogP contribution in [-0.2, 0) is 18.4 Å². The van der Waals surface area contributed by atoms with Crippen LogP contribution in [0.5, 0.6) is 0 Å². The molecular formula is C19H29N5O. The first-order valence-corrected chi connectivity index (χ1v) is 9.24. The number of piperidine rings is 1. The van der Waals surface area contributed by atoms with E-state index in [0.717, 1.165) is 43.3 Å². The predicted octanol–water partition coefficient (Wildman–Crippen LogP) is 2.84. The van der Waals surface area contributed by atoms with Gasteiger partial charge >= 0.3 is 0 Å². The zero-order chi connectivity index (χ0) is 18.0. The standard InChI is InChI=1S/C19H29N5O/c1-14(2)18-20-8-11-23(18)10-7-17(25)24-9-5-6-16(13-24)19-21-15(3)12-22(19)4/h8,11-12,14,16H,5-7,9-10,13H2,1-4H3/t16-/m1/s1. The van der Waals surface area contributed by atoms with Crippen molar-refractivity contribution in [1.29, 1.82) is 0 Å². The van der Waals surface area contributed by atoms with Crippen molar-refractivity contribution < 1.29 is 4.79 Å². The molecule has 3 rings (SSSR count). The molecule has 0 aliphatic carbocycles. The molecule has 1 saturated heterocycles. The van der Waals surface area contributed by atoms with Gasteiger partial charge in [0.15, 0.2) is 0 Å². The molecule has 1 fully saturated rings. The first kappa shape index (κ1) is 17.7. The van der Waals surface area contributed by atoms with Gasteiger partial charge < -0.3 is 14.0 Å². The van der Waals surface area contributed by atoms with E-state index in [9.17, 15) is 4.79 Å². The summed E-state index contributed by atoms with van der Waals surface area (Å²) in [5.41, 5.74) is 1.04. The number of aromatic nitrogens is 4. The number of hydrogen-bond donors (Lipinski definition) is 0. The summed E-state index contributed by atoms with van der Waals surface area (Å²) in [6, 6.07) is 0. The molecule has 0 radical (unpaired) electrons. The molecule has 0 N–H and O–H groups in total. The molecule has 136 valence electrons. The Bertz CT molecular complexity index is 730. The summed E-state index contributed by atoms with van der Waals surface area (Å²) < 4.78 is 4.21. The van der Waals surface area contributed by atoms with Crippen LogP contribution in [0.1, 0.15) is 62.3 Å². The van der Waals surface area contributed by atoms with Crippen LogP contribution in [0.4, 0.5) is 0 Å². The van der Waals surface area contributed by atoms with Crippen molar-refractivity contribution in [2.75, 3.05) is 13.1 Å². The zero-order valence-corrected chi connectivity index (χ0v) is 15.8. The maximum Gasteiger partial charge on any atom is 0.224 e. The third-order valence-corrected chi connectivity index (χ3v) is 5.00. The van der Waals surface area contributed by atoms with Crippen LogP contribution in [0.15, 0.2) is 18.6 Å². The average Bonchev–Trinajstić information content (AvgIpc) is 3.18. The molecule has 6 nitrogen and oxygen atoms in total. The number of carbonyl (C=O) groups excluding carboxylic acids is 1. The molecule has 0 saturated carbocycles. The second-order valence-electron chi connectivity index (χ2n) is 7.41. The van der Waals surface area contributed by atoms with Gasteiger partial charge in [-0.1, -0.05) is 13.8 Å². The molecule has 1 amide bonds. The monoisotopic (exact) mass is 343 g/mol.